The highest BCUT2D eigenvalue weighted by molar-refractivity contribution is 5.75. The van der Waals surface area contributed by atoms with Crippen LogP contribution in [0.1, 0.15) is 63.8 Å². The number of fused-ring (bicyclic) bond motifs is 1. The van der Waals surface area contributed by atoms with Gasteiger partial charge in [0.2, 0.25) is 0 Å². The summed E-state index contributed by atoms with van der Waals surface area (Å²) < 4.78 is 0. The van der Waals surface area contributed by atoms with E-state index in [0.29, 0.717) is 24.1 Å². The first-order valence-corrected chi connectivity index (χ1v) is 10.6. The number of benzene rings is 1. The van der Waals surface area contributed by atoms with Crippen LogP contribution in [0.2, 0.25) is 0 Å². The average molecular weight is 371 g/mol. The second-order valence-corrected chi connectivity index (χ2v) is 8.07. The lowest BCUT2D eigenvalue weighted by atomic mass is 9.95. The monoisotopic (exact) mass is 370 g/mol. The van der Waals surface area contributed by atoms with Crippen molar-refractivity contribution < 1.29 is 0 Å². The molecule has 1 unspecified atom stereocenters. The summed E-state index contributed by atoms with van der Waals surface area (Å²) in [5.74, 6) is 0.492. The molecule has 1 aromatic heterocycles. The van der Waals surface area contributed by atoms with Gasteiger partial charge in [-0.1, -0.05) is 33.3 Å². The van der Waals surface area contributed by atoms with Crippen molar-refractivity contribution in [3.63, 3.8) is 0 Å². The van der Waals surface area contributed by atoms with Gasteiger partial charge in [0, 0.05) is 6.04 Å². The number of aromatic amines is 1. The predicted molar refractivity (Wildman–Crippen MR) is 112 cm³/mol. The topological polar surface area (TPSA) is 61.0 Å². The van der Waals surface area contributed by atoms with Gasteiger partial charge < -0.3 is 15.2 Å². The minimum Gasteiger partial charge on any atom is -0.319 e. The Morgan fingerprint density at radius 2 is 2.00 bits per heavy atom. The molecule has 0 aliphatic carbocycles. The van der Waals surface area contributed by atoms with E-state index < -0.39 is 0 Å². The Morgan fingerprint density at radius 3 is 2.70 bits per heavy atom. The highest BCUT2D eigenvalue weighted by atomic mass is 16.1. The third-order valence-electron chi connectivity index (χ3n) is 5.61. The molecule has 5 nitrogen and oxygen atoms in total. The van der Waals surface area contributed by atoms with E-state index in [-0.39, 0.29) is 5.56 Å². The molecule has 0 amide bonds. The molecule has 2 aromatic rings. The van der Waals surface area contributed by atoms with Crippen molar-refractivity contribution in [1.82, 2.24) is 20.2 Å². The number of likely N-dealkylation sites (tertiary alicyclic amines) is 1. The van der Waals surface area contributed by atoms with Crippen LogP contribution in [-0.4, -0.2) is 41.0 Å². The molecule has 0 saturated carbocycles. The van der Waals surface area contributed by atoms with Gasteiger partial charge in [-0.2, -0.15) is 0 Å². The van der Waals surface area contributed by atoms with Crippen LogP contribution in [0.3, 0.4) is 0 Å². The van der Waals surface area contributed by atoms with Crippen LogP contribution in [0.25, 0.3) is 11.0 Å². The van der Waals surface area contributed by atoms with Crippen molar-refractivity contribution in [2.75, 3.05) is 26.2 Å². The molecule has 0 radical (unpaired) electrons. The summed E-state index contributed by atoms with van der Waals surface area (Å²) in [5.41, 5.74) is 3.47. The number of piperidine rings is 1. The summed E-state index contributed by atoms with van der Waals surface area (Å²) in [6.07, 6.45) is 5.94. The molecule has 2 heterocycles. The van der Waals surface area contributed by atoms with E-state index in [2.05, 4.69) is 46.2 Å². The molecule has 0 spiro atoms. The van der Waals surface area contributed by atoms with E-state index in [1.54, 1.807) is 0 Å². The van der Waals surface area contributed by atoms with Gasteiger partial charge in [-0.25, -0.2) is 4.98 Å². The van der Waals surface area contributed by atoms with Crippen molar-refractivity contribution in [2.24, 2.45) is 5.92 Å². The zero-order valence-electron chi connectivity index (χ0n) is 17.1. The maximum absolute atomic E-state index is 12.0. The first kappa shape index (κ1) is 20.0. The molecular weight excluding hydrogens is 336 g/mol. The zero-order valence-corrected chi connectivity index (χ0v) is 17.1. The summed E-state index contributed by atoms with van der Waals surface area (Å²) in [6, 6.07) is 6.54. The molecular formula is C22H34N4O. The third-order valence-corrected chi connectivity index (χ3v) is 5.61. The number of hydrogen-bond acceptors (Lipinski definition) is 4. The quantitative estimate of drug-likeness (QED) is 0.697. The maximum atomic E-state index is 12.0. The van der Waals surface area contributed by atoms with Crippen LogP contribution in [0.15, 0.2) is 23.0 Å². The Labute approximate surface area is 162 Å². The van der Waals surface area contributed by atoms with Crippen molar-refractivity contribution in [3.05, 3.63) is 39.8 Å². The Morgan fingerprint density at radius 1 is 1.22 bits per heavy atom. The van der Waals surface area contributed by atoms with Crippen LogP contribution in [0, 0.1) is 5.92 Å². The minimum atomic E-state index is -0.0750. The molecule has 1 saturated heterocycles. The molecule has 27 heavy (non-hydrogen) atoms. The van der Waals surface area contributed by atoms with Crippen LogP contribution in [0.5, 0.6) is 0 Å². The summed E-state index contributed by atoms with van der Waals surface area (Å²) >= 11 is 0. The van der Waals surface area contributed by atoms with Crippen LogP contribution >= 0.6 is 0 Å². The smallest absolute Gasteiger partial charge is 0.270 e. The second kappa shape index (κ2) is 9.47. The van der Waals surface area contributed by atoms with E-state index >= 15 is 0 Å². The van der Waals surface area contributed by atoms with Gasteiger partial charge in [-0.3, -0.25) is 4.79 Å². The van der Waals surface area contributed by atoms with Gasteiger partial charge in [0.05, 0.1) is 11.0 Å². The average Bonchev–Trinajstić information content (AvgIpc) is 2.67. The van der Waals surface area contributed by atoms with Gasteiger partial charge in [0.1, 0.15) is 5.69 Å². The lowest BCUT2D eigenvalue weighted by Crippen LogP contribution is -2.33. The highest BCUT2D eigenvalue weighted by Crippen LogP contribution is 2.24. The van der Waals surface area contributed by atoms with Gasteiger partial charge in [0.15, 0.2) is 0 Å². The van der Waals surface area contributed by atoms with Gasteiger partial charge in [0.25, 0.3) is 5.56 Å². The van der Waals surface area contributed by atoms with Gasteiger partial charge in [-0.05, 0) is 75.5 Å². The minimum absolute atomic E-state index is 0.0750. The SMILES string of the molecule is CCc1nc2cc(C(NCCCN3CCCCC3)C(C)C)ccc2[nH]c1=O. The fourth-order valence-corrected chi connectivity index (χ4v) is 4.05. The summed E-state index contributed by atoms with van der Waals surface area (Å²) in [7, 11) is 0. The van der Waals surface area contributed by atoms with Crippen molar-refractivity contribution in [2.45, 2.75) is 58.9 Å². The van der Waals surface area contributed by atoms with Crippen molar-refractivity contribution in [1.29, 1.82) is 0 Å². The number of aryl methyl sites for hydroxylation is 1. The first-order chi connectivity index (χ1) is 13.1. The molecule has 1 aliphatic rings. The van der Waals surface area contributed by atoms with Crippen molar-refractivity contribution in [3.8, 4) is 0 Å². The zero-order chi connectivity index (χ0) is 19.2. The Bertz CT molecular complexity index is 792. The Kier molecular flexibility index (Phi) is 7.02. The molecule has 5 heteroatoms. The summed E-state index contributed by atoms with van der Waals surface area (Å²) in [6.45, 7) is 11.2. The summed E-state index contributed by atoms with van der Waals surface area (Å²) in [5, 5.41) is 3.75. The maximum Gasteiger partial charge on any atom is 0.270 e. The Hall–Kier alpha value is -1.72. The standard InChI is InChI=1S/C22H34N4O/c1-4-18-22(27)25-19-10-9-17(15-20(19)24-18)21(16(2)3)23-11-8-14-26-12-6-5-7-13-26/h9-10,15-16,21,23H,4-8,11-14H2,1-3H3,(H,25,27). The van der Waals surface area contributed by atoms with Gasteiger partial charge >= 0.3 is 0 Å². The van der Waals surface area contributed by atoms with Crippen LogP contribution < -0.4 is 10.9 Å². The van der Waals surface area contributed by atoms with Crippen LogP contribution in [0.4, 0.5) is 0 Å². The predicted octanol–water partition coefficient (Wildman–Crippen LogP) is 3.65. The third kappa shape index (κ3) is 5.17. The van der Waals surface area contributed by atoms with E-state index in [1.807, 2.05) is 13.0 Å². The highest BCUT2D eigenvalue weighted by Gasteiger charge is 2.17. The molecule has 1 atom stereocenters. The van der Waals surface area contributed by atoms with Crippen molar-refractivity contribution >= 4 is 11.0 Å². The Balaban J connectivity index is 1.66. The molecule has 3 rings (SSSR count). The van der Waals surface area contributed by atoms with E-state index in [9.17, 15) is 4.79 Å². The summed E-state index contributed by atoms with van der Waals surface area (Å²) in [4.78, 5) is 22.1. The molecule has 1 aliphatic heterocycles. The largest absolute Gasteiger partial charge is 0.319 e. The molecule has 1 fully saturated rings. The van der Waals surface area contributed by atoms with Gasteiger partial charge in [-0.15, -0.1) is 0 Å². The number of aromatic nitrogens is 2. The number of hydrogen-bond donors (Lipinski definition) is 2. The van der Waals surface area contributed by atoms with E-state index in [4.69, 9.17) is 0 Å². The van der Waals surface area contributed by atoms with Crippen LogP contribution in [-0.2, 0) is 6.42 Å². The number of H-pyrrole nitrogens is 1. The molecule has 148 valence electrons. The lowest BCUT2D eigenvalue weighted by molar-refractivity contribution is 0.223. The first-order valence-electron chi connectivity index (χ1n) is 10.6. The fraction of sp³-hybridized carbons (Fsp3) is 0.636. The fourth-order valence-electron chi connectivity index (χ4n) is 4.05. The molecule has 1 aromatic carbocycles. The number of nitrogens with zero attached hydrogens (tertiary/aromatic N) is 2. The molecule has 2 N–H and O–H groups in total. The lowest BCUT2D eigenvalue weighted by Gasteiger charge is -2.27. The molecule has 0 bridgehead atoms. The number of nitrogens with one attached hydrogen (secondary N) is 2. The second-order valence-electron chi connectivity index (χ2n) is 8.07. The van der Waals surface area contributed by atoms with E-state index in [0.717, 1.165) is 17.6 Å². The number of rotatable bonds is 8. The normalized spacial score (nSPS) is 16.9. The van der Waals surface area contributed by atoms with E-state index in [1.165, 1.54) is 50.9 Å².